The molecule has 8 nitrogen and oxygen atoms in total. The van der Waals surface area contributed by atoms with Crippen molar-refractivity contribution in [2.24, 2.45) is 0 Å². The number of aromatic nitrogens is 4. The number of carbonyl (C=O) groups excluding carboxylic acids is 1. The van der Waals surface area contributed by atoms with Crippen LogP contribution in [0.2, 0.25) is 5.15 Å². The molecule has 0 radical (unpaired) electrons. The van der Waals surface area contributed by atoms with Gasteiger partial charge in [0.2, 0.25) is 5.43 Å². The topological polar surface area (TPSA) is 93.1 Å². The van der Waals surface area contributed by atoms with Crippen LogP contribution in [-0.4, -0.2) is 43.1 Å². The van der Waals surface area contributed by atoms with Gasteiger partial charge in [-0.05, 0) is 38.3 Å². The molecule has 1 aromatic carbocycles. The number of H-pyrrole nitrogens is 1. The molecule has 1 N–H and O–H groups in total. The predicted molar refractivity (Wildman–Crippen MR) is 134 cm³/mol. The Morgan fingerprint density at radius 1 is 1.11 bits per heavy atom. The zero-order chi connectivity index (χ0) is 24.5. The Morgan fingerprint density at radius 3 is 2.69 bits per heavy atom. The molecule has 35 heavy (non-hydrogen) atoms. The van der Waals surface area contributed by atoms with E-state index in [-0.39, 0.29) is 29.7 Å². The fourth-order valence-electron chi connectivity index (χ4n) is 4.50. The maximum absolute atomic E-state index is 13.5. The highest BCUT2D eigenvalue weighted by atomic mass is 35.5. The molecule has 9 heteroatoms. The number of aryl methyl sites for hydroxylation is 2. The van der Waals surface area contributed by atoms with Gasteiger partial charge in [-0.15, -0.1) is 0 Å². The molecule has 4 aromatic rings. The standard InChI is InChI=1S/C26H26ClN5O3/c1-16(2)31-10-11-32-19(9-8-18-12-21-20(14-28-30-21)25(27)29-18)13-22(33)24(23(32)26(31)34)35-15-17-6-4-3-5-7-17/h3-7,12-14,16H,8-11,15H2,1-2H3,(H,28,30). The number of rotatable bonds is 7. The van der Waals surface area contributed by atoms with E-state index in [0.717, 1.165) is 27.9 Å². The van der Waals surface area contributed by atoms with Gasteiger partial charge in [0.15, 0.2) is 11.4 Å². The number of pyridine rings is 2. The predicted octanol–water partition coefficient (Wildman–Crippen LogP) is 4.00. The molecule has 4 heterocycles. The van der Waals surface area contributed by atoms with Crippen LogP contribution in [0.4, 0.5) is 0 Å². The van der Waals surface area contributed by atoms with E-state index in [1.807, 2.05) is 54.8 Å². The van der Waals surface area contributed by atoms with E-state index in [4.69, 9.17) is 16.3 Å². The number of ether oxygens (including phenoxy) is 1. The van der Waals surface area contributed by atoms with Gasteiger partial charge in [-0.3, -0.25) is 14.7 Å². The van der Waals surface area contributed by atoms with Crippen LogP contribution in [0.3, 0.4) is 0 Å². The van der Waals surface area contributed by atoms with Crippen molar-refractivity contribution in [3.05, 3.63) is 86.7 Å². The second-order valence-electron chi connectivity index (χ2n) is 8.93. The van der Waals surface area contributed by atoms with Crippen molar-refractivity contribution in [2.75, 3.05) is 6.54 Å². The molecule has 0 spiro atoms. The summed E-state index contributed by atoms with van der Waals surface area (Å²) in [4.78, 5) is 32.9. The van der Waals surface area contributed by atoms with E-state index in [0.29, 0.717) is 36.8 Å². The van der Waals surface area contributed by atoms with E-state index in [1.165, 1.54) is 0 Å². The first kappa shape index (κ1) is 23.1. The van der Waals surface area contributed by atoms with Crippen LogP contribution < -0.4 is 10.2 Å². The molecule has 0 saturated carbocycles. The number of nitrogens with zero attached hydrogens (tertiary/aromatic N) is 4. The maximum atomic E-state index is 13.5. The molecule has 0 atom stereocenters. The summed E-state index contributed by atoms with van der Waals surface area (Å²) in [7, 11) is 0. The Labute approximate surface area is 207 Å². The number of amides is 1. The van der Waals surface area contributed by atoms with Gasteiger partial charge in [-0.25, -0.2) is 4.98 Å². The van der Waals surface area contributed by atoms with Gasteiger partial charge in [0.25, 0.3) is 5.91 Å². The highest BCUT2D eigenvalue weighted by molar-refractivity contribution is 6.34. The summed E-state index contributed by atoms with van der Waals surface area (Å²) >= 11 is 6.30. The van der Waals surface area contributed by atoms with Crippen molar-refractivity contribution in [1.82, 2.24) is 24.6 Å². The molecular formula is C26H26ClN5O3. The molecule has 1 aliphatic heterocycles. The molecule has 3 aromatic heterocycles. The molecule has 1 aliphatic rings. The first-order valence-corrected chi connectivity index (χ1v) is 12.0. The Kier molecular flexibility index (Phi) is 6.30. The third kappa shape index (κ3) is 4.53. The molecular weight excluding hydrogens is 466 g/mol. The zero-order valence-corrected chi connectivity index (χ0v) is 20.4. The van der Waals surface area contributed by atoms with Gasteiger partial charge >= 0.3 is 0 Å². The maximum Gasteiger partial charge on any atom is 0.274 e. The lowest BCUT2D eigenvalue weighted by Gasteiger charge is -2.35. The van der Waals surface area contributed by atoms with Crippen LogP contribution in [0.25, 0.3) is 10.9 Å². The van der Waals surface area contributed by atoms with Crippen molar-refractivity contribution in [3.8, 4) is 5.75 Å². The van der Waals surface area contributed by atoms with Crippen LogP contribution in [0.5, 0.6) is 5.75 Å². The zero-order valence-electron chi connectivity index (χ0n) is 19.6. The summed E-state index contributed by atoms with van der Waals surface area (Å²) < 4.78 is 7.90. The largest absolute Gasteiger partial charge is 0.483 e. The normalized spacial score (nSPS) is 13.5. The SMILES string of the molecule is CC(C)N1CCn2c(CCc3cc4[nH]ncc4c(Cl)n3)cc(=O)c(OCc3ccccc3)c2C1=O. The number of hydrogen-bond donors (Lipinski definition) is 1. The average Bonchev–Trinajstić information content (AvgIpc) is 3.32. The fourth-order valence-corrected chi connectivity index (χ4v) is 4.76. The van der Waals surface area contributed by atoms with Crippen LogP contribution in [-0.2, 0) is 26.0 Å². The summed E-state index contributed by atoms with van der Waals surface area (Å²) in [5.41, 5.74) is 3.32. The quantitative estimate of drug-likeness (QED) is 0.394. The van der Waals surface area contributed by atoms with E-state index >= 15 is 0 Å². The van der Waals surface area contributed by atoms with Crippen molar-refractivity contribution in [2.45, 2.75) is 45.9 Å². The van der Waals surface area contributed by atoms with Gasteiger partial charge in [0.05, 0.1) is 17.1 Å². The minimum absolute atomic E-state index is 0.0180. The molecule has 0 fully saturated rings. The van der Waals surface area contributed by atoms with Crippen molar-refractivity contribution in [1.29, 1.82) is 0 Å². The van der Waals surface area contributed by atoms with Gasteiger partial charge in [-0.2, -0.15) is 5.10 Å². The van der Waals surface area contributed by atoms with Crippen LogP contribution in [0.1, 0.15) is 41.3 Å². The Morgan fingerprint density at radius 2 is 1.91 bits per heavy atom. The van der Waals surface area contributed by atoms with Crippen LogP contribution in [0, 0.1) is 0 Å². The first-order chi connectivity index (χ1) is 16.9. The lowest BCUT2D eigenvalue weighted by Crippen LogP contribution is -2.46. The molecule has 0 unspecified atom stereocenters. The van der Waals surface area contributed by atoms with E-state index in [1.54, 1.807) is 17.2 Å². The minimum atomic E-state index is -0.295. The first-order valence-electron chi connectivity index (χ1n) is 11.6. The molecule has 0 saturated heterocycles. The third-order valence-corrected chi connectivity index (χ3v) is 6.60. The number of halogens is 1. The average molecular weight is 492 g/mol. The number of hydrogen-bond acceptors (Lipinski definition) is 5. The number of carbonyl (C=O) groups is 1. The van der Waals surface area contributed by atoms with Gasteiger partial charge in [0, 0.05) is 36.6 Å². The fraction of sp³-hybridized carbons (Fsp3) is 0.308. The Hall–Kier alpha value is -3.65. The summed E-state index contributed by atoms with van der Waals surface area (Å²) in [6.45, 7) is 5.32. The van der Waals surface area contributed by atoms with E-state index < -0.39 is 0 Å². The number of benzene rings is 1. The molecule has 5 rings (SSSR count). The summed E-state index contributed by atoms with van der Waals surface area (Å²) in [5, 5.41) is 8.09. The second-order valence-corrected chi connectivity index (χ2v) is 9.29. The lowest BCUT2D eigenvalue weighted by atomic mass is 10.1. The van der Waals surface area contributed by atoms with Crippen LogP contribution in [0.15, 0.2) is 53.5 Å². The van der Waals surface area contributed by atoms with Gasteiger partial charge in [0.1, 0.15) is 11.8 Å². The number of nitrogens with one attached hydrogen (secondary N) is 1. The van der Waals surface area contributed by atoms with Crippen LogP contribution >= 0.6 is 11.6 Å². The monoisotopic (exact) mass is 491 g/mol. The number of fused-ring (bicyclic) bond motifs is 2. The van der Waals surface area contributed by atoms with Crippen molar-refractivity contribution >= 4 is 28.4 Å². The van der Waals surface area contributed by atoms with Gasteiger partial charge in [-0.1, -0.05) is 41.9 Å². The summed E-state index contributed by atoms with van der Waals surface area (Å²) in [6, 6.07) is 13.1. The van der Waals surface area contributed by atoms with Gasteiger partial charge < -0.3 is 14.2 Å². The van der Waals surface area contributed by atoms with Crippen molar-refractivity contribution in [3.63, 3.8) is 0 Å². The number of aromatic amines is 1. The molecule has 1 amide bonds. The smallest absolute Gasteiger partial charge is 0.274 e. The van der Waals surface area contributed by atoms with E-state index in [9.17, 15) is 9.59 Å². The third-order valence-electron chi connectivity index (χ3n) is 6.31. The minimum Gasteiger partial charge on any atom is -0.483 e. The Balaban J connectivity index is 1.49. The highest BCUT2D eigenvalue weighted by Crippen LogP contribution is 2.26. The molecule has 0 aliphatic carbocycles. The molecule has 0 bridgehead atoms. The summed E-state index contributed by atoms with van der Waals surface area (Å²) in [6.07, 6.45) is 2.73. The summed E-state index contributed by atoms with van der Waals surface area (Å²) in [5.74, 6) is -0.0821. The molecule has 180 valence electrons. The van der Waals surface area contributed by atoms with E-state index in [2.05, 4.69) is 15.2 Å². The van der Waals surface area contributed by atoms with Crippen molar-refractivity contribution < 1.29 is 9.53 Å². The second kappa shape index (κ2) is 9.54. The highest BCUT2D eigenvalue weighted by Gasteiger charge is 2.32. The Bertz CT molecular complexity index is 1440. The lowest BCUT2D eigenvalue weighted by molar-refractivity contribution is 0.0636.